The Bertz CT molecular complexity index is 252. The van der Waals surface area contributed by atoms with Crippen molar-refractivity contribution in [3.05, 3.63) is 23.9 Å². The summed E-state index contributed by atoms with van der Waals surface area (Å²) in [5.41, 5.74) is 0.460. The molecular weight excluding hydrogens is 146 g/mol. The molecule has 0 aliphatic carbocycles. The van der Waals surface area contributed by atoms with Gasteiger partial charge in [-0.1, -0.05) is 0 Å². The zero-order chi connectivity index (χ0) is 8.27. The molecule has 0 radical (unpaired) electrons. The second-order valence-corrected chi connectivity index (χ2v) is 1.95. The van der Waals surface area contributed by atoms with Gasteiger partial charge in [0.15, 0.2) is 0 Å². The van der Waals surface area contributed by atoms with Crippen LogP contribution in [0, 0.1) is 0 Å². The number of nitrogens with one attached hydrogen (secondary N) is 1. The third-order valence-electron chi connectivity index (χ3n) is 1.16. The fraction of sp³-hybridized carbons (Fsp3) is 0.143. The van der Waals surface area contributed by atoms with E-state index in [1.54, 1.807) is 0 Å². The van der Waals surface area contributed by atoms with Crippen molar-refractivity contribution >= 4 is 11.9 Å². The number of carbonyl (C=O) groups excluding carboxylic acids is 2. The third kappa shape index (κ3) is 1.93. The van der Waals surface area contributed by atoms with E-state index in [1.165, 1.54) is 25.3 Å². The van der Waals surface area contributed by atoms with Crippen LogP contribution in [0.25, 0.3) is 0 Å². The van der Waals surface area contributed by atoms with E-state index in [2.05, 4.69) is 10.1 Å². The minimum absolute atomic E-state index is 0.222. The van der Waals surface area contributed by atoms with Gasteiger partial charge in [-0.15, -0.1) is 0 Å². The molecule has 0 fully saturated rings. The van der Waals surface area contributed by atoms with Gasteiger partial charge in [-0.05, 0) is 6.08 Å². The summed E-state index contributed by atoms with van der Waals surface area (Å²) >= 11 is 0. The Morgan fingerprint density at radius 3 is 2.82 bits per heavy atom. The van der Waals surface area contributed by atoms with Gasteiger partial charge >= 0.3 is 5.97 Å². The summed E-state index contributed by atoms with van der Waals surface area (Å²) in [5, 5.41) is 2.43. The summed E-state index contributed by atoms with van der Waals surface area (Å²) in [6.45, 7) is 0. The molecule has 0 unspecified atom stereocenters. The van der Waals surface area contributed by atoms with Crippen LogP contribution in [0.15, 0.2) is 23.9 Å². The Morgan fingerprint density at radius 2 is 2.36 bits per heavy atom. The van der Waals surface area contributed by atoms with E-state index in [4.69, 9.17) is 0 Å². The summed E-state index contributed by atoms with van der Waals surface area (Å²) < 4.78 is 4.35. The second kappa shape index (κ2) is 3.01. The molecule has 1 aliphatic rings. The van der Waals surface area contributed by atoms with Gasteiger partial charge in [0.2, 0.25) is 5.91 Å². The molecule has 0 spiro atoms. The number of ether oxygens (including phenoxy) is 1. The number of hydrogen-bond acceptors (Lipinski definition) is 3. The number of esters is 1. The molecular formula is C7H7NO3. The van der Waals surface area contributed by atoms with E-state index in [9.17, 15) is 9.59 Å². The summed E-state index contributed by atoms with van der Waals surface area (Å²) in [4.78, 5) is 21.1. The van der Waals surface area contributed by atoms with Gasteiger partial charge in [0.1, 0.15) is 0 Å². The average Bonchev–Trinajstić information content (AvgIpc) is 2.35. The van der Waals surface area contributed by atoms with Crippen molar-refractivity contribution in [3.63, 3.8) is 0 Å². The van der Waals surface area contributed by atoms with Gasteiger partial charge in [0, 0.05) is 17.8 Å². The predicted molar refractivity (Wildman–Crippen MR) is 37.4 cm³/mol. The highest BCUT2D eigenvalue weighted by molar-refractivity contribution is 5.95. The molecule has 1 heterocycles. The number of methoxy groups -OCH3 is 1. The lowest BCUT2D eigenvalue weighted by Gasteiger charge is -1.94. The number of amides is 1. The van der Waals surface area contributed by atoms with Crippen molar-refractivity contribution in [3.8, 4) is 0 Å². The largest absolute Gasteiger partial charge is 0.466 e. The van der Waals surface area contributed by atoms with E-state index in [0.717, 1.165) is 0 Å². The number of allylic oxidation sites excluding steroid dienone is 1. The molecule has 0 atom stereocenters. The fourth-order valence-corrected chi connectivity index (χ4v) is 0.661. The van der Waals surface area contributed by atoms with E-state index < -0.39 is 5.97 Å². The highest BCUT2D eigenvalue weighted by Gasteiger charge is 2.07. The van der Waals surface area contributed by atoms with Gasteiger partial charge < -0.3 is 10.1 Å². The maximum absolute atomic E-state index is 10.6. The Hall–Kier alpha value is -1.58. The Kier molecular flexibility index (Phi) is 2.06. The van der Waals surface area contributed by atoms with Gasteiger partial charge in [0.25, 0.3) is 0 Å². The molecule has 4 nitrogen and oxygen atoms in total. The zero-order valence-corrected chi connectivity index (χ0v) is 5.96. The van der Waals surface area contributed by atoms with Gasteiger partial charge in [-0.3, -0.25) is 4.79 Å². The summed E-state index contributed by atoms with van der Waals surface area (Å²) in [7, 11) is 1.28. The minimum Gasteiger partial charge on any atom is -0.466 e. The van der Waals surface area contributed by atoms with Crippen molar-refractivity contribution in [1.82, 2.24) is 5.32 Å². The molecule has 11 heavy (non-hydrogen) atoms. The Labute approximate surface area is 63.5 Å². The summed E-state index contributed by atoms with van der Waals surface area (Å²) in [6, 6.07) is 0. The maximum Gasteiger partial charge on any atom is 0.332 e. The lowest BCUT2D eigenvalue weighted by atomic mass is 10.4. The fourth-order valence-electron chi connectivity index (χ4n) is 0.661. The molecule has 4 heteroatoms. The molecule has 0 saturated carbocycles. The molecule has 1 amide bonds. The van der Waals surface area contributed by atoms with E-state index in [0.29, 0.717) is 5.70 Å². The van der Waals surface area contributed by atoms with Crippen LogP contribution in [0.4, 0.5) is 0 Å². The highest BCUT2D eigenvalue weighted by atomic mass is 16.5. The lowest BCUT2D eigenvalue weighted by Crippen LogP contribution is -2.14. The molecule has 0 aromatic carbocycles. The van der Waals surface area contributed by atoms with Crippen LogP contribution in [-0.4, -0.2) is 19.0 Å². The maximum atomic E-state index is 10.6. The standard InChI is InChI=1S/C7H7NO3/c1-11-7(10)4-5-2-3-6(9)8-5/h2-4H,1H3,(H,8,9)/b5-4+. The van der Waals surface area contributed by atoms with Crippen LogP contribution in [0.3, 0.4) is 0 Å². The summed E-state index contributed by atoms with van der Waals surface area (Å²) in [5.74, 6) is -0.702. The topological polar surface area (TPSA) is 55.4 Å². The van der Waals surface area contributed by atoms with E-state index in [1.807, 2.05) is 0 Å². The first-order chi connectivity index (χ1) is 5.22. The number of hydrogen-bond donors (Lipinski definition) is 1. The highest BCUT2D eigenvalue weighted by Crippen LogP contribution is 1.99. The van der Waals surface area contributed by atoms with Crippen LogP contribution in [0.2, 0.25) is 0 Å². The molecule has 0 saturated heterocycles. The van der Waals surface area contributed by atoms with Gasteiger partial charge in [-0.2, -0.15) is 0 Å². The van der Waals surface area contributed by atoms with Crippen LogP contribution in [0.5, 0.6) is 0 Å². The van der Waals surface area contributed by atoms with Crippen LogP contribution in [-0.2, 0) is 14.3 Å². The van der Waals surface area contributed by atoms with Crippen molar-refractivity contribution in [2.75, 3.05) is 7.11 Å². The van der Waals surface area contributed by atoms with Crippen molar-refractivity contribution in [1.29, 1.82) is 0 Å². The van der Waals surface area contributed by atoms with E-state index >= 15 is 0 Å². The predicted octanol–water partition coefficient (Wildman–Crippen LogP) is -0.271. The second-order valence-electron chi connectivity index (χ2n) is 1.95. The van der Waals surface area contributed by atoms with E-state index in [-0.39, 0.29) is 5.91 Å². The molecule has 0 aromatic rings. The molecule has 1 rings (SSSR count). The number of carbonyl (C=O) groups is 2. The van der Waals surface area contributed by atoms with Gasteiger partial charge in [-0.25, -0.2) is 4.79 Å². The molecule has 0 bridgehead atoms. The minimum atomic E-state index is -0.480. The molecule has 1 aliphatic heterocycles. The van der Waals surface area contributed by atoms with Crippen molar-refractivity contribution in [2.24, 2.45) is 0 Å². The van der Waals surface area contributed by atoms with Crippen LogP contribution >= 0.6 is 0 Å². The normalized spacial score (nSPS) is 18.6. The first kappa shape index (κ1) is 7.53. The smallest absolute Gasteiger partial charge is 0.332 e. The number of rotatable bonds is 1. The summed E-state index contributed by atoms with van der Waals surface area (Å²) in [6.07, 6.45) is 4.06. The Morgan fingerprint density at radius 1 is 1.64 bits per heavy atom. The van der Waals surface area contributed by atoms with Gasteiger partial charge in [0.05, 0.1) is 7.11 Å². The van der Waals surface area contributed by atoms with Crippen molar-refractivity contribution in [2.45, 2.75) is 0 Å². The quantitative estimate of drug-likeness (QED) is 0.416. The first-order valence-corrected chi connectivity index (χ1v) is 3.01. The molecule has 0 aromatic heterocycles. The zero-order valence-electron chi connectivity index (χ0n) is 5.96. The Balaban J connectivity index is 2.63. The average molecular weight is 153 g/mol. The van der Waals surface area contributed by atoms with Crippen molar-refractivity contribution < 1.29 is 14.3 Å². The molecule has 1 N–H and O–H groups in total. The monoisotopic (exact) mass is 153 g/mol. The SMILES string of the molecule is COC(=O)/C=C1\C=CC(=O)N1. The third-order valence-corrected chi connectivity index (χ3v) is 1.16. The van der Waals surface area contributed by atoms with Crippen LogP contribution in [0.1, 0.15) is 0 Å². The lowest BCUT2D eigenvalue weighted by molar-refractivity contribution is -0.134. The molecule has 58 valence electrons. The first-order valence-electron chi connectivity index (χ1n) is 3.01. The van der Waals surface area contributed by atoms with Crippen LogP contribution < -0.4 is 5.32 Å².